The van der Waals surface area contributed by atoms with Crippen LogP contribution in [0.3, 0.4) is 0 Å². The summed E-state index contributed by atoms with van der Waals surface area (Å²) in [6.07, 6.45) is 0. The molecule has 1 fully saturated rings. The number of hydrogen-bond donors (Lipinski definition) is 0. The van der Waals surface area contributed by atoms with Gasteiger partial charge in [-0.3, -0.25) is 10.1 Å². The van der Waals surface area contributed by atoms with Crippen LogP contribution in [0.5, 0.6) is 11.5 Å². The molecule has 1 saturated heterocycles. The van der Waals surface area contributed by atoms with Gasteiger partial charge in [-0.25, -0.2) is 8.42 Å². The van der Waals surface area contributed by atoms with Crippen molar-refractivity contribution in [1.29, 1.82) is 0 Å². The Morgan fingerprint density at radius 3 is 2.26 bits per heavy atom. The van der Waals surface area contributed by atoms with E-state index in [1.54, 1.807) is 20.3 Å². The topological polar surface area (TPSA) is 128 Å². The van der Waals surface area contributed by atoms with E-state index in [2.05, 4.69) is 10.2 Å². The van der Waals surface area contributed by atoms with Crippen LogP contribution in [-0.2, 0) is 10.0 Å². The number of nitro benzene ring substituents is 1. The van der Waals surface area contributed by atoms with Crippen molar-refractivity contribution in [2.45, 2.75) is 4.90 Å². The van der Waals surface area contributed by atoms with E-state index in [4.69, 9.17) is 21.1 Å². The summed E-state index contributed by atoms with van der Waals surface area (Å²) in [6.45, 7) is 1.08. The maximum atomic E-state index is 13.1. The van der Waals surface area contributed by atoms with Gasteiger partial charge in [0.1, 0.15) is 4.90 Å². The molecule has 0 amide bonds. The number of halogens is 1. The van der Waals surface area contributed by atoms with Gasteiger partial charge >= 0.3 is 0 Å². The lowest BCUT2D eigenvalue weighted by Gasteiger charge is -2.34. The van der Waals surface area contributed by atoms with Crippen LogP contribution >= 0.6 is 11.6 Å². The molecule has 11 nitrogen and oxygen atoms in total. The number of methoxy groups -OCH3 is 2. The summed E-state index contributed by atoms with van der Waals surface area (Å²) in [7, 11) is -0.874. The van der Waals surface area contributed by atoms with Crippen molar-refractivity contribution in [3.8, 4) is 22.8 Å². The van der Waals surface area contributed by atoms with Crippen molar-refractivity contribution in [2.24, 2.45) is 0 Å². The van der Waals surface area contributed by atoms with Gasteiger partial charge in [-0.15, -0.1) is 10.2 Å². The fraction of sp³-hybridized carbons (Fsp3) is 0.273. The third-order valence-electron chi connectivity index (χ3n) is 5.64. The lowest BCUT2D eigenvalue weighted by atomic mass is 10.1. The molecule has 2 aromatic carbocycles. The van der Waals surface area contributed by atoms with Crippen LogP contribution in [0.2, 0.25) is 5.02 Å². The lowest BCUT2D eigenvalue weighted by molar-refractivity contribution is -0.385. The highest BCUT2D eigenvalue weighted by Crippen LogP contribution is 2.32. The fourth-order valence-corrected chi connectivity index (χ4v) is 5.66. The molecule has 0 atom stereocenters. The van der Waals surface area contributed by atoms with Gasteiger partial charge in [-0.1, -0.05) is 11.6 Å². The maximum Gasteiger partial charge on any atom is 0.270 e. The Morgan fingerprint density at radius 2 is 1.66 bits per heavy atom. The standard InChI is InChI=1S/C22H22ClN5O6S/c1-33-19-7-3-15(13-20(19)34-2)18-6-8-22(25-24-18)26-9-11-27(12-10-26)35(31,32)21-14-16(28(29)30)4-5-17(21)23/h3-8,13-14H,9-12H2,1-2H3. The Morgan fingerprint density at radius 1 is 0.943 bits per heavy atom. The van der Waals surface area contributed by atoms with E-state index in [0.717, 1.165) is 11.6 Å². The molecule has 0 aliphatic carbocycles. The van der Waals surface area contributed by atoms with Gasteiger partial charge in [0.2, 0.25) is 10.0 Å². The minimum absolute atomic E-state index is 0.0605. The molecule has 1 aliphatic rings. The van der Waals surface area contributed by atoms with Gasteiger partial charge in [0.25, 0.3) is 5.69 Å². The van der Waals surface area contributed by atoms with Crippen molar-refractivity contribution in [3.63, 3.8) is 0 Å². The molecule has 35 heavy (non-hydrogen) atoms. The Labute approximate surface area is 207 Å². The highest BCUT2D eigenvalue weighted by Gasteiger charge is 2.32. The highest BCUT2D eigenvalue weighted by molar-refractivity contribution is 7.89. The molecule has 0 spiro atoms. The molecule has 0 unspecified atom stereocenters. The summed E-state index contributed by atoms with van der Waals surface area (Å²) in [5.41, 5.74) is 1.12. The first kappa shape index (κ1) is 24.6. The summed E-state index contributed by atoms with van der Waals surface area (Å²) in [5.74, 6) is 1.80. The van der Waals surface area contributed by atoms with Gasteiger partial charge < -0.3 is 14.4 Å². The third kappa shape index (κ3) is 4.99. The van der Waals surface area contributed by atoms with Crippen molar-refractivity contribution >= 4 is 33.1 Å². The Balaban J connectivity index is 1.46. The van der Waals surface area contributed by atoms with Gasteiger partial charge in [0.05, 0.1) is 29.9 Å². The number of non-ortho nitro benzene ring substituents is 1. The molecule has 0 radical (unpaired) electrons. The smallest absolute Gasteiger partial charge is 0.270 e. The van der Waals surface area contributed by atoms with Crippen LogP contribution in [0.1, 0.15) is 0 Å². The molecule has 13 heteroatoms. The Hall–Kier alpha value is -3.48. The molecular weight excluding hydrogens is 498 g/mol. The van der Waals surface area contributed by atoms with Crippen LogP contribution in [0.25, 0.3) is 11.3 Å². The van der Waals surface area contributed by atoms with Crippen LogP contribution in [0, 0.1) is 10.1 Å². The van der Waals surface area contributed by atoms with Crippen LogP contribution in [0.4, 0.5) is 11.5 Å². The van der Waals surface area contributed by atoms with E-state index < -0.39 is 14.9 Å². The second-order valence-corrected chi connectivity index (χ2v) is 9.92. The van der Waals surface area contributed by atoms with E-state index in [1.807, 2.05) is 29.2 Å². The summed E-state index contributed by atoms with van der Waals surface area (Å²) in [4.78, 5) is 12.1. The van der Waals surface area contributed by atoms with Crippen LogP contribution in [0.15, 0.2) is 53.4 Å². The van der Waals surface area contributed by atoms with E-state index >= 15 is 0 Å². The average molecular weight is 520 g/mol. The number of aromatic nitrogens is 2. The van der Waals surface area contributed by atoms with Crippen molar-refractivity contribution < 1.29 is 22.8 Å². The molecule has 3 aromatic rings. The summed E-state index contributed by atoms with van der Waals surface area (Å²) in [6, 6.07) is 12.5. The number of nitro groups is 1. The number of nitrogens with zero attached hydrogens (tertiary/aromatic N) is 5. The minimum Gasteiger partial charge on any atom is -0.493 e. The summed E-state index contributed by atoms with van der Waals surface area (Å²) < 4.78 is 38.0. The number of ether oxygens (including phenoxy) is 2. The zero-order valence-electron chi connectivity index (χ0n) is 18.9. The quantitative estimate of drug-likeness (QED) is 0.341. The molecule has 1 aromatic heterocycles. The number of benzene rings is 2. The van der Waals surface area contributed by atoms with E-state index in [-0.39, 0.29) is 28.7 Å². The van der Waals surface area contributed by atoms with Gasteiger partial charge in [-0.05, 0) is 36.4 Å². The van der Waals surface area contributed by atoms with Crippen molar-refractivity contribution in [1.82, 2.24) is 14.5 Å². The minimum atomic E-state index is -4.00. The van der Waals surface area contributed by atoms with Crippen molar-refractivity contribution in [2.75, 3.05) is 45.3 Å². The SMILES string of the molecule is COc1ccc(-c2ccc(N3CCN(S(=O)(=O)c4cc([N+](=O)[O-])ccc4Cl)CC3)nn2)cc1OC. The zero-order chi connectivity index (χ0) is 25.2. The number of piperazine rings is 1. The van der Waals surface area contributed by atoms with Gasteiger partial charge in [0, 0.05) is 43.9 Å². The molecule has 4 rings (SSSR count). The first-order chi connectivity index (χ1) is 16.7. The first-order valence-corrected chi connectivity index (χ1v) is 12.3. The molecular formula is C22H22ClN5O6S. The highest BCUT2D eigenvalue weighted by atomic mass is 35.5. The fourth-order valence-electron chi connectivity index (χ4n) is 3.74. The monoisotopic (exact) mass is 519 g/mol. The number of rotatable bonds is 7. The van der Waals surface area contributed by atoms with E-state index in [1.165, 1.54) is 16.4 Å². The number of anilines is 1. The summed E-state index contributed by atoms with van der Waals surface area (Å²) >= 11 is 6.06. The predicted octanol–water partition coefficient (Wildman–Crippen LogP) is 3.23. The zero-order valence-corrected chi connectivity index (χ0v) is 20.5. The third-order valence-corrected chi connectivity index (χ3v) is 8.02. The van der Waals surface area contributed by atoms with Gasteiger partial charge in [-0.2, -0.15) is 4.31 Å². The Bertz CT molecular complexity index is 1340. The average Bonchev–Trinajstić information content (AvgIpc) is 2.88. The largest absolute Gasteiger partial charge is 0.493 e. The number of hydrogen-bond acceptors (Lipinski definition) is 9. The summed E-state index contributed by atoms with van der Waals surface area (Å²) in [5, 5.41) is 19.6. The predicted molar refractivity (Wildman–Crippen MR) is 130 cm³/mol. The van der Waals surface area contributed by atoms with Crippen molar-refractivity contribution in [3.05, 3.63) is 63.7 Å². The Kier molecular flexibility index (Phi) is 7.05. The maximum absolute atomic E-state index is 13.1. The second kappa shape index (κ2) is 10.0. The molecule has 184 valence electrons. The molecule has 0 saturated carbocycles. The van der Waals surface area contributed by atoms with Crippen LogP contribution in [-0.4, -0.2) is 68.2 Å². The first-order valence-electron chi connectivity index (χ1n) is 10.5. The molecule has 0 N–H and O–H groups in total. The van der Waals surface area contributed by atoms with Gasteiger partial charge in [0.15, 0.2) is 17.3 Å². The molecule has 2 heterocycles. The molecule has 0 bridgehead atoms. The van der Waals surface area contributed by atoms with E-state index in [9.17, 15) is 18.5 Å². The lowest BCUT2D eigenvalue weighted by Crippen LogP contribution is -2.49. The number of sulfonamides is 1. The second-order valence-electron chi connectivity index (χ2n) is 7.61. The normalized spacial score (nSPS) is 14.5. The van der Waals surface area contributed by atoms with E-state index in [0.29, 0.717) is 36.1 Å². The van der Waals surface area contributed by atoms with Crippen LogP contribution < -0.4 is 14.4 Å². The molecule has 1 aliphatic heterocycles.